The molecule has 0 aromatic heterocycles. The summed E-state index contributed by atoms with van der Waals surface area (Å²) in [7, 11) is 0. The predicted octanol–water partition coefficient (Wildman–Crippen LogP) is 3.51. The van der Waals surface area contributed by atoms with Crippen LogP contribution in [-0.4, -0.2) is 28.6 Å². The van der Waals surface area contributed by atoms with Crippen LogP contribution < -0.4 is 0 Å². The highest BCUT2D eigenvalue weighted by atomic mass is 16.5. The number of allylic oxidation sites excluding steroid dienone is 4. The summed E-state index contributed by atoms with van der Waals surface area (Å²) in [5.41, 5.74) is 0.490. The quantitative estimate of drug-likeness (QED) is 0.634. The van der Waals surface area contributed by atoms with Gasteiger partial charge < -0.3 is 9.84 Å². The van der Waals surface area contributed by atoms with Gasteiger partial charge in [-0.1, -0.05) is 31.6 Å². The fourth-order valence-electron chi connectivity index (χ4n) is 3.54. The fraction of sp³-hybridized carbons (Fsp3) is 0.600. The van der Waals surface area contributed by atoms with Crippen LogP contribution in [0, 0.1) is 11.3 Å². The molecule has 1 saturated carbocycles. The third kappa shape index (κ3) is 3.25. The highest BCUT2D eigenvalue weighted by molar-refractivity contribution is 6.07. The van der Waals surface area contributed by atoms with E-state index in [4.69, 9.17) is 4.74 Å². The van der Waals surface area contributed by atoms with Gasteiger partial charge in [0.15, 0.2) is 5.78 Å². The Labute approximate surface area is 144 Å². The Morgan fingerprint density at radius 3 is 2.62 bits per heavy atom. The van der Waals surface area contributed by atoms with Gasteiger partial charge in [0.25, 0.3) is 0 Å². The summed E-state index contributed by atoms with van der Waals surface area (Å²) in [6, 6.07) is 0. The van der Waals surface area contributed by atoms with Crippen molar-refractivity contribution < 1.29 is 19.4 Å². The van der Waals surface area contributed by atoms with Gasteiger partial charge in [0, 0.05) is 22.5 Å². The fourth-order valence-corrected chi connectivity index (χ4v) is 3.54. The van der Waals surface area contributed by atoms with Crippen molar-refractivity contribution in [2.75, 3.05) is 0 Å². The lowest BCUT2D eigenvalue weighted by Crippen LogP contribution is -2.44. The minimum Gasteiger partial charge on any atom is -0.459 e. The number of ketones is 1. The average Bonchev–Trinajstić information content (AvgIpc) is 2.50. The predicted molar refractivity (Wildman–Crippen MR) is 93.3 cm³/mol. The van der Waals surface area contributed by atoms with E-state index in [1.54, 1.807) is 32.9 Å². The lowest BCUT2D eigenvalue weighted by atomic mass is 9.60. The van der Waals surface area contributed by atoms with Gasteiger partial charge in [-0.3, -0.25) is 4.79 Å². The molecule has 24 heavy (non-hydrogen) atoms. The maximum Gasteiger partial charge on any atom is 0.333 e. The van der Waals surface area contributed by atoms with Crippen molar-refractivity contribution in [3.05, 3.63) is 34.9 Å². The van der Waals surface area contributed by atoms with Gasteiger partial charge in [-0.2, -0.15) is 0 Å². The minimum atomic E-state index is -1.19. The molecule has 0 aromatic rings. The Bertz CT molecular complexity index is 645. The normalized spacial score (nSPS) is 31.1. The van der Waals surface area contributed by atoms with Gasteiger partial charge in [-0.15, -0.1) is 0 Å². The molecule has 2 aliphatic rings. The third-order valence-corrected chi connectivity index (χ3v) is 5.58. The van der Waals surface area contributed by atoms with Crippen molar-refractivity contribution in [1.29, 1.82) is 0 Å². The number of fused-ring (bicyclic) bond motifs is 1. The van der Waals surface area contributed by atoms with E-state index in [1.807, 2.05) is 19.9 Å². The number of ether oxygens (including phenoxy) is 1. The van der Waals surface area contributed by atoms with E-state index in [2.05, 4.69) is 6.92 Å². The molecule has 0 saturated heterocycles. The second-order valence-corrected chi connectivity index (χ2v) is 7.68. The topological polar surface area (TPSA) is 63.6 Å². The third-order valence-electron chi connectivity index (χ3n) is 5.58. The molecule has 1 fully saturated rings. The smallest absolute Gasteiger partial charge is 0.333 e. The van der Waals surface area contributed by atoms with Crippen molar-refractivity contribution in [3.8, 4) is 0 Å². The number of esters is 1. The van der Waals surface area contributed by atoms with Crippen LogP contribution in [0.4, 0.5) is 0 Å². The van der Waals surface area contributed by atoms with Gasteiger partial charge in [-0.25, -0.2) is 4.79 Å². The van der Waals surface area contributed by atoms with Crippen molar-refractivity contribution >= 4 is 11.8 Å². The molecule has 0 radical (unpaired) electrons. The van der Waals surface area contributed by atoms with Crippen molar-refractivity contribution in [2.45, 2.75) is 66.1 Å². The Kier molecular flexibility index (Phi) is 4.91. The SMILES string of the molecule is CC=C(C)C(=O)OC1CCC2=CC(=O)C(C(C)(C)O)=CC2(C)C1C. The van der Waals surface area contributed by atoms with Crippen molar-refractivity contribution in [1.82, 2.24) is 0 Å². The van der Waals surface area contributed by atoms with E-state index in [1.165, 1.54) is 0 Å². The Morgan fingerprint density at radius 1 is 1.46 bits per heavy atom. The van der Waals surface area contributed by atoms with Crippen LogP contribution in [0.5, 0.6) is 0 Å². The van der Waals surface area contributed by atoms with Crippen LogP contribution in [-0.2, 0) is 14.3 Å². The van der Waals surface area contributed by atoms with E-state index in [0.29, 0.717) is 17.6 Å². The molecule has 2 rings (SSSR count). The Hall–Kier alpha value is -1.68. The summed E-state index contributed by atoms with van der Waals surface area (Å²) in [5, 5.41) is 10.3. The molecule has 4 nitrogen and oxygen atoms in total. The minimum absolute atomic E-state index is 0.0246. The Morgan fingerprint density at radius 2 is 2.08 bits per heavy atom. The highest BCUT2D eigenvalue weighted by Gasteiger charge is 2.47. The molecule has 0 amide bonds. The van der Waals surface area contributed by atoms with E-state index in [9.17, 15) is 14.7 Å². The molecule has 0 spiro atoms. The summed E-state index contributed by atoms with van der Waals surface area (Å²) in [6.45, 7) is 10.9. The van der Waals surface area contributed by atoms with E-state index in [0.717, 1.165) is 12.0 Å². The van der Waals surface area contributed by atoms with Crippen LogP contribution in [0.1, 0.15) is 54.4 Å². The zero-order valence-corrected chi connectivity index (χ0v) is 15.5. The summed E-state index contributed by atoms with van der Waals surface area (Å²) in [5.74, 6) is -0.386. The number of rotatable bonds is 3. The largest absolute Gasteiger partial charge is 0.459 e. The first-order chi connectivity index (χ1) is 11.0. The lowest BCUT2D eigenvalue weighted by Gasteiger charge is -2.46. The number of carbonyl (C=O) groups excluding carboxylic acids is 2. The first-order valence-corrected chi connectivity index (χ1v) is 8.55. The summed E-state index contributed by atoms with van der Waals surface area (Å²) >= 11 is 0. The first kappa shape index (κ1) is 18.7. The first-order valence-electron chi connectivity index (χ1n) is 8.55. The van der Waals surface area contributed by atoms with E-state index < -0.39 is 11.0 Å². The van der Waals surface area contributed by atoms with Crippen LogP contribution in [0.2, 0.25) is 0 Å². The molecule has 0 bridgehead atoms. The molecule has 1 N–H and O–H groups in total. The maximum absolute atomic E-state index is 12.3. The molecule has 2 aliphatic carbocycles. The molecule has 3 unspecified atom stereocenters. The standard InChI is InChI=1S/C20H28O4/c1-7-12(2)18(22)24-17-9-8-14-10-16(21)15(19(4,5)23)11-20(14,6)13(17)3/h7,10-11,13,17,23H,8-9H2,1-6H3. The summed E-state index contributed by atoms with van der Waals surface area (Å²) in [4.78, 5) is 24.4. The lowest BCUT2D eigenvalue weighted by molar-refractivity contribution is -0.150. The van der Waals surface area contributed by atoms with Crippen molar-refractivity contribution in [3.63, 3.8) is 0 Å². The molecular weight excluding hydrogens is 304 g/mol. The van der Waals surface area contributed by atoms with E-state index >= 15 is 0 Å². The number of carbonyl (C=O) groups is 2. The second-order valence-electron chi connectivity index (χ2n) is 7.68. The monoisotopic (exact) mass is 332 g/mol. The van der Waals surface area contributed by atoms with Crippen LogP contribution in [0.25, 0.3) is 0 Å². The van der Waals surface area contributed by atoms with Gasteiger partial charge >= 0.3 is 5.97 Å². The molecule has 0 aliphatic heterocycles. The number of hydrogen-bond donors (Lipinski definition) is 1. The molecule has 3 atom stereocenters. The molecule has 0 aromatic carbocycles. The van der Waals surface area contributed by atoms with Gasteiger partial charge in [0.1, 0.15) is 6.10 Å². The zero-order chi connectivity index (χ0) is 18.3. The molecule has 132 valence electrons. The Balaban J connectivity index is 2.33. The van der Waals surface area contributed by atoms with Gasteiger partial charge in [0.05, 0.1) is 5.60 Å². The number of aliphatic hydroxyl groups is 1. The number of hydrogen-bond acceptors (Lipinski definition) is 4. The summed E-state index contributed by atoms with van der Waals surface area (Å²) in [6.07, 6.45) is 6.52. The van der Waals surface area contributed by atoms with Crippen LogP contribution >= 0.6 is 0 Å². The average molecular weight is 332 g/mol. The molecular formula is C20H28O4. The summed E-state index contributed by atoms with van der Waals surface area (Å²) < 4.78 is 5.71. The highest BCUT2D eigenvalue weighted by Crippen LogP contribution is 2.50. The van der Waals surface area contributed by atoms with E-state index in [-0.39, 0.29) is 23.8 Å². The van der Waals surface area contributed by atoms with Gasteiger partial charge in [-0.05, 0) is 46.6 Å². The molecule has 0 heterocycles. The van der Waals surface area contributed by atoms with Crippen LogP contribution in [0.3, 0.4) is 0 Å². The second kappa shape index (κ2) is 6.32. The van der Waals surface area contributed by atoms with Crippen molar-refractivity contribution in [2.24, 2.45) is 11.3 Å². The maximum atomic E-state index is 12.3. The van der Waals surface area contributed by atoms with Crippen LogP contribution in [0.15, 0.2) is 34.9 Å². The molecule has 4 heteroatoms. The zero-order valence-electron chi connectivity index (χ0n) is 15.5. The van der Waals surface area contributed by atoms with Gasteiger partial charge in [0.2, 0.25) is 0 Å².